The van der Waals surface area contributed by atoms with E-state index in [-0.39, 0.29) is 24.9 Å². The number of hydrogen-bond acceptors (Lipinski definition) is 4. The summed E-state index contributed by atoms with van der Waals surface area (Å²) in [5.74, 6) is -0.230. The number of rotatable bonds is 4. The van der Waals surface area contributed by atoms with Crippen LogP contribution < -0.4 is 5.32 Å². The third-order valence-electron chi connectivity index (χ3n) is 2.90. The Morgan fingerprint density at radius 1 is 1.58 bits per heavy atom. The standard InChI is InChI=1S/C13H19N3O2.ClH/c1-2-18-13(17)9-16-10-14-8-12(16)7-11-5-3-4-6-15-11;/h7-8,10,15H,2-6,9H2,1H3;1H. The predicted molar refractivity (Wildman–Crippen MR) is 75.9 cm³/mol. The average Bonchev–Trinajstić information content (AvgIpc) is 2.78. The summed E-state index contributed by atoms with van der Waals surface area (Å²) in [6.45, 7) is 3.46. The molecule has 0 radical (unpaired) electrons. The minimum absolute atomic E-state index is 0. The Morgan fingerprint density at radius 3 is 3.11 bits per heavy atom. The van der Waals surface area contributed by atoms with Gasteiger partial charge >= 0.3 is 5.97 Å². The summed E-state index contributed by atoms with van der Waals surface area (Å²) < 4.78 is 6.74. The van der Waals surface area contributed by atoms with Crippen molar-refractivity contribution in [2.45, 2.75) is 32.7 Å². The molecule has 0 atom stereocenters. The molecular weight excluding hydrogens is 266 g/mol. The number of nitrogens with one attached hydrogen (secondary N) is 1. The van der Waals surface area contributed by atoms with Crippen LogP contribution in [0.15, 0.2) is 18.2 Å². The lowest BCUT2D eigenvalue weighted by molar-refractivity contribution is -0.143. The lowest BCUT2D eigenvalue weighted by Crippen LogP contribution is -2.20. The van der Waals surface area contributed by atoms with Crippen molar-refractivity contribution in [2.75, 3.05) is 13.2 Å². The van der Waals surface area contributed by atoms with Crippen LogP contribution in [0, 0.1) is 0 Å². The van der Waals surface area contributed by atoms with Crippen molar-refractivity contribution in [1.82, 2.24) is 14.9 Å². The highest BCUT2D eigenvalue weighted by atomic mass is 35.5. The van der Waals surface area contributed by atoms with Crippen LogP contribution in [-0.4, -0.2) is 28.7 Å². The van der Waals surface area contributed by atoms with Crippen molar-refractivity contribution in [3.05, 3.63) is 23.9 Å². The molecule has 2 heterocycles. The molecule has 1 aliphatic heterocycles. The van der Waals surface area contributed by atoms with Gasteiger partial charge in [-0.25, -0.2) is 4.98 Å². The Kier molecular flexibility index (Phi) is 6.42. The van der Waals surface area contributed by atoms with E-state index in [1.165, 1.54) is 18.5 Å². The van der Waals surface area contributed by atoms with E-state index in [9.17, 15) is 4.79 Å². The van der Waals surface area contributed by atoms with Gasteiger partial charge in [0, 0.05) is 12.2 Å². The fourth-order valence-corrected chi connectivity index (χ4v) is 2.01. The largest absolute Gasteiger partial charge is 0.465 e. The Morgan fingerprint density at radius 2 is 2.42 bits per heavy atom. The van der Waals surface area contributed by atoms with E-state index in [0.717, 1.165) is 18.7 Å². The van der Waals surface area contributed by atoms with E-state index in [1.54, 1.807) is 24.0 Å². The molecule has 0 spiro atoms. The maximum atomic E-state index is 11.4. The van der Waals surface area contributed by atoms with Gasteiger partial charge in [-0.3, -0.25) is 4.79 Å². The zero-order valence-corrected chi connectivity index (χ0v) is 11.9. The lowest BCUT2D eigenvalue weighted by atomic mass is 10.1. The number of carbonyl (C=O) groups is 1. The van der Waals surface area contributed by atoms with Gasteiger partial charge in [-0.2, -0.15) is 0 Å². The summed E-state index contributed by atoms with van der Waals surface area (Å²) in [5, 5.41) is 3.37. The molecule has 106 valence electrons. The summed E-state index contributed by atoms with van der Waals surface area (Å²) in [7, 11) is 0. The van der Waals surface area contributed by atoms with Crippen LogP contribution in [0.1, 0.15) is 31.9 Å². The summed E-state index contributed by atoms with van der Waals surface area (Å²) in [4.78, 5) is 15.5. The van der Waals surface area contributed by atoms with Crippen molar-refractivity contribution in [3.63, 3.8) is 0 Å². The van der Waals surface area contributed by atoms with E-state index >= 15 is 0 Å². The van der Waals surface area contributed by atoms with Crippen molar-refractivity contribution >= 4 is 24.5 Å². The van der Waals surface area contributed by atoms with Gasteiger partial charge in [-0.15, -0.1) is 12.4 Å². The number of aromatic nitrogens is 2. The number of allylic oxidation sites excluding steroid dienone is 1. The number of nitrogens with zero attached hydrogens (tertiary/aromatic N) is 2. The minimum Gasteiger partial charge on any atom is -0.465 e. The van der Waals surface area contributed by atoms with Gasteiger partial charge < -0.3 is 14.6 Å². The number of ether oxygens (including phenoxy) is 1. The normalized spacial score (nSPS) is 16.6. The van der Waals surface area contributed by atoms with Gasteiger partial charge in [-0.05, 0) is 32.3 Å². The molecular formula is C13H20ClN3O2. The Bertz CT molecular complexity index is 435. The van der Waals surface area contributed by atoms with E-state index in [4.69, 9.17) is 4.74 Å². The molecule has 1 aromatic rings. The predicted octanol–water partition coefficient (Wildman–Crippen LogP) is 1.98. The number of imidazole rings is 1. The fourth-order valence-electron chi connectivity index (χ4n) is 2.01. The SMILES string of the molecule is CCOC(=O)Cn1cncc1C=C1CCCCN1.Cl. The molecule has 1 aliphatic rings. The molecule has 0 saturated carbocycles. The van der Waals surface area contributed by atoms with Crippen molar-refractivity contribution < 1.29 is 9.53 Å². The molecule has 2 rings (SSSR count). The first kappa shape index (κ1) is 15.6. The molecule has 6 heteroatoms. The zero-order valence-electron chi connectivity index (χ0n) is 11.1. The third kappa shape index (κ3) is 4.59. The topological polar surface area (TPSA) is 56.2 Å². The highest BCUT2D eigenvalue weighted by molar-refractivity contribution is 5.85. The van der Waals surface area contributed by atoms with Crippen molar-refractivity contribution in [3.8, 4) is 0 Å². The van der Waals surface area contributed by atoms with Crippen LogP contribution >= 0.6 is 12.4 Å². The highest BCUT2D eigenvalue weighted by Crippen LogP contribution is 2.14. The summed E-state index contributed by atoms with van der Waals surface area (Å²) in [5.41, 5.74) is 2.15. The van der Waals surface area contributed by atoms with Gasteiger partial charge in [0.15, 0.2) is 0 Å². The monoisotopic (exact) mass is 285 g/mol. The van der Waals surface area contributed by atoms with E-state index in [1.807, 2.05) is 0 Å². The number of carbonyl (C=O) groups excluding carboxylic acids is 1. The molecule has 0 aliphatic carbocycles. The van der Waals surface area contributed by atoms with Crippen LogP contribution in [0.3, 0.4) is 0 Å². The molecule has 0 bridgehead atoms. The summed E-state index contributed by atoms with van der Waals surface area (Å²) in [6.07, 6.45) is 8.98. The molecule has 0 aromatic carbocycles. The lowest BCUT2D eigenvalue weighted by Gasteiger charge is -2.16. The fraction of sp³-hybridized carbons (Fsp3) is 0.538. The first-order valence-electron chi connectivity index (χ1n) is 6.40. The quantitative estimate of drug-likeness (QED) is 0.860. The second kappa shape index (κ2) is 7.84. The van der Waals surface area contributed by atoms with E-state index in [2.05, 4.69) is 16.4 Å². The van der Waals surface area contributed by atoms with Gasteiger partial charge in [0.05, 0.1) is 24.8 Å². The first-order valence-corrected chi connectivity index (χ1v) is 6.40. The molecule has 1 aromatic heterocycles. The molecule has 1 saturated heterocycles. The van der Waals surface area contributed by atoms with Crippen LogP contribution in [0.25, 0.3) is 6.08 Å². The number of piperidine rings is 1. The number of halogens is 1. The van der Waals surface area contributed by atoms with Crippen LogP contribution in [-0.2, 0) is 16.1 Å². The summed E-state index contributed by atoms with van der Waals surface area (Å²) in [6, 6.07) is 0. The first-order chi connectivity index (χ1) is 8.79. The van der Waals surface area contributed by atoms with Gasteiger partial charge in [-0.1, -0.05) is 0 Å². The molecule has 0 unspecified atom stereocenters. The van der Waals surface area contributed by atoms with Crippen LogP contribution in [0.2, 0.25) is 0 Å². The van der Waals surface area contributed by atoms with Crippen LogP contribution in [0.4, 0.5) is 0 Å². The zero-order chi connectivity index (χ0) is 12.8. The summed E-state index contributed by atoms with van der Waals surface area (Å²) >= 11 is 0. The maximum absolute atomic E-state index is 11.4. The second-order valence-electron chi connectivity index (χ2n) is 4.30. The average molecular weight is 286 g/mol. The molecule has 1 fully saturated rings. The molecule has 0 amide bonds. The molecule has 19 heavy (non-hydrogen) atoms. The Labute approximate surface area is 119 Å². The van der Waals surface area contributed by atoms with Gasteiger partial charge in [0.25, 0.3) is 0 Å². The van der Waals surface area contributed by atoms with Crippen molar-refractivity contribution in [1.29, 1.82) is 0 Å². The smallest absolute Gasteiger partial charge is 0.325 e. The third-order valence-corrected chi connectivity index (χ3v) is 2.90. The minimum atomic E-state index is -0.230. The number of hydrogen-bond donors (Lipinski definition) is 1. The Balaban J connectivity index is 0.00000180. The van der Waals surface area contributed by atoms with Gasteiger partial charge in [0.2, 0.25) is 0 Å². The Hall–Kier alpha value is -1.49. The van der Waals surface area contributed by atoms with Gasteiger partial charge in [0.1, 0.15) is 6.54 Å². The van der Waals surface area contributed by atoms with Crippen LogP contribution in [0.5, 0.6) is 0 Å². The second-order valence-corrected chi connectivity index (χ2v) is 4.30. The number of esters is 1. The highest BCUT2D eigenvalue weighted by Gasteiger charge is 2.09. The maximum Gasteiger partial charge on any atom is 0.325 e. The molecule has 1 N–H and O–H groups in total. The molecule has 5 nitrogen and oxygen atoms in total. The van der Waals surface area contributed by atoms with E-state index in [0.29, 0.717) is 6.61 Å². The van der Waals surface area contributed by atoms with Crippen molar-refractivity contribution in [2.24, 2.45) is 0 Å². The van der Waals surface area contributed by atoms with E-state index < -0.39 is 0 Å².